The van der Waals surface area contributed by atoms with Crippen LogP contribution in [0.3, 0.4) is 0 Å². The Morgan fingerprint density at radius 2 is 2.16 bits per heavy atom. The van der Waals surface area contributed by atoms with Gasteiger partial charge in [0.2, 0.25) is 0 Å². The van der Waals surface area contributed by atoms with Gasteiger partial charge in [-0.2, -0.15) is 5.10 Å². The maximum Gasteiger partial charge on any atom is 0.156 e. The topological polar surface area (TPSA) is 43.2 Å². The zero-order valence-electron chi connectivity index (χ0n) is 19.5. The van der Waals surface area contributed by atoms with Crippen molar-refractivity contribution < 1.29 is 0 Å². The molecule has 1 aliphatic carbocycles. The summed E-state index contributed by atoms with van der Waals surface area (Å²) in [4.78, 5) is 8.25. The average Bonchev–Trinajstić information content (AvgIpc) is 3.39. The third-order valence-electron chi connectivity index (χ3n) is 7.67. The van der Waals surface area contributed by atoms with Gasteiger partial charge in [0.05, 0.1) is 4.83 Å². The molecule has 2 fully saturated rings. The first-order valence-corrected chi connectivity index (χ1v) is 13.3. The normalized spacial score (nSPS) is 37.0. The summed E-state index contributed by atoms with van der Waals surface area (Å²) in [6, 6.07) is 0.792. The molecule has 1 saturated heterocycles. The van der Waals surface area contributed by atoms with Gasteiger partial charge in [-0.1, -0.05) is 60.0 Å². The summed E-state index contributed by atoms with van der Waals surface area (Å²) < 4.78 is 0. The van der Waals surface area contributed by atoms with E-state index in [9.17, 15) is 0 Å². The number of hydrazone groups is 1. The van der Waals surface area contributed by atoms with Crippen molar-refractivity contribution >= 4 is 27.9 Å². The third-order valence-corrected chi connectivity index (χ3v) is 8.38. The number of hydrogen-bond acceptors (Lipinski definition) is 5. The molecule has 0 bridgehead atoms. The highest BCUT2D eigenvalue weighted by Crippen LogP contribution is 2.35. The van der Waals surface area contributed by atoms with E-state index < -0.39 is 0 Å². The molecular formula is C25H40BrN5. The first-order chi connectivity index (χ1) is 15.1. The molecule has 31 heavy (non-hydrogen) atoms. The number of aliphatic imine (C=N–C) groups is 1. The van der Waals surface area contributed by atoms with Gasteiger partial charge in [0, 0.05) is 43.4 Å². The van der Waals surface area contributed by atoms with Crippen LogP contribution in [-0.4, -0.2) is 64.7 Å². The van der Waals surface area contributed by atoms with Crippen LogP contribution in [0.4, 0.5) is 0 Å². The molecule has 172 valence electrons. The largest absolute Gasteiger partial charge is 0.299 e. The van der Waals surface area contributed by atoms with Crippen molar-refractivity contribution in [1.82, 2.24) is 15.2 Å². The quantitative estimate of drug-likeness (QED) is 0.406. The van der Waals surface area contributed by atoms with Crippen molar-refractivity contribution in [2.24, 2.45) is 21.9 Å². The summed E-state index contributed by atoms with van der Waals surface area (Å²) in [5, 5.41) is 10.7. The van der Waals surface area contributed by atoms with Crippen LogP contribution in [0.25, 0.3) is 0 Å². The summed E-state index contributed by atoms with van der Waals surface area (Å²) in [5.74, 6) is 1.45. The Balaban J connectivity index is 1.45. The molecule has 0 amide bonds. The molecule has 6 atom stereocenters. The number of piperidine rings is 1. The smallest absolute Gasteiger partial charge is 0.156 e. The minimum absolute atomic E-state index is 0.0895. The molecule has 0 aromatic rings. The lowest BCUT2D eigenvalue weighted by molar-refractivity contribution is 0.110. The summed E-state index contributed by atoms with van der Waals surface area (Å²) >= 11 is 3.80. The molecule has 0 aromatic heterocycles. The minimum Gasteiger partial charge on any atom is -0.299 e. The van der Waals surface area contributed by atoms with E-state index in [1.165, 1.54) is 56.5 Å². The highest BCUT2D eigenvalue weighted by Gasteiger charge is 2.41. The number of alkyl halides is 1. The number of hydrogen-bond donors (Lipinski definition) is 1. The van der Waals surface area contributed by atoms with Crippen LogP contribution in [0.1, 0.15) is 65.7 Å². The van der Waals surface area contributed by atoms with Crippen LogP contribution >= 0.6 is 15.9 Å². The number of rotatable bonds is 7. The van der Waals surface area contributed by atoms with Gasteiger partial charge in [-0.25, -0.2) is 0 Å². The summed E-state index contributed by atoms with van der Waals surface area (Å²) in [6.45, 7) is 10.1. The third kappa shape index (κ3) is 5.33. The van der Waals surface area contributed by atoms with Crippen molar-refractivity contribution in [2.45, 2.75) is 88.9 Å². The number of halogens is 1. The fourth-order valence-electron chi connectivity index (χ4n) is 5.81. The van der Waals surface area contributed by atoms with E-state index in [1.807, 2.05) is 6.21 Å². The SMILES string of the molecule is C/C=C\C=C(/CC)CNC1CC(C2CCCN(C3CCCC3C)C2)=NC2C(Br)C=NN12. The molecule has 0 aromatic carbocycles. The molecule has 3 heterocycles. The summed E-state index contributed by atoms with van der Waals surface area (Å²) in [5.41, 5.74) is 2.84. The van der Waals surface area contributed by atoms with Gasteiger partial charge in [-0.05, 0) is 51.5 Å². The van der Waals surface area contributed by atoms with E-state index in [0.717, 1.165) is 31.3 Å². The second kappa shape index (κ2) is 10.8. The van der Waals surface area contributed by atoms with E-state index in [4.69, 9.17) is 10.1 Å². The Morgan fingerprint density at radius 3 is 2.90 bits per heavy atom. The lowest BCUT2D eigenvalue weighted by Crippen LogP contribution is -2.54. The van der Waals surface area contributed by atoms with Crippen molar-refractivity contribution in [3.05, 3.63) is 23.8 Å². The van der Waals surface area contributed by atoms with Crippen LogP contribution in [0, 0.1) is 11.8 Å². The number of allylic oxidation sites excluding steroid dienone is 3. The number of fused-ring (bicyclic) bond motifs is 1. The molecule has 4 rings (SSSR count). The van der Waals surface area contributed by atoms with Gasteiger partial charge in [0.15, 0.2) is 6.17 Å². The molecule has 0 spiro atoms. The van der Waals surface area contributed by atoms with Crippen LogP contribution in [-0.2, 0) is 0 Å². The maximum absolute atomic E-state index is 5.25. The summed E-state index contributed by atoms with van der Waals surface area (Å²) in [6.07, 6.45) is 17.6. The molecule has 0 radical (unpaired) electrons. The van der Waals surface area contributed by atoms with Crippen LogP contribution in [0.2, 0.25) is 0 Å². The second-order valence-electron chi connectivity index (χ2n) is 9.74. The highest BCUT2D eigenvalue weighted by atomic mass is 79.9. The predicted molar refractivity (Wildman–Crippen MR) is 135 cm³/mol. The van der Waals surface area contributed by atoms with Gasteiger partial charge in [-0.3, -0.25) is 20.2 Å². The first-order valence-electron chi connectivity index (χ1n) is 12.4. The molecule has 6 unspecified atom stereocenters. The van der Waals surface area contributed by atoms with Gasteiger partial charge in [0.25, 0.3) is 0 Å². The molecular weight excluding hydrogens is 450 g/mol. The molecule has 1 saturated carbocycles. The van der Waals surface area contributed by atoms with Crippen LogP contribution in [0.5, 0.6) is 0 Å². The second-order valence-corrected chi connectivity index (χ2v) is 10.8. The summed E-state index contributed by atoms with van der Waals surface area (Å²) in [7, 11) is 0. The Bertz CT molecular complexity index is 729. The van der Waals surface area contributed by atoms with Crippen LogP contribution in [0.15, 0.2) is 33.9 Å². The Kier molecular flexibility index (Phi) is 8.05. The average molecular weight is 491 g/mol. The highest BCUT2D eigenvalue weighted by molar-refractivity contribution is 9.10. The number of nitrogens with zero attached hydrogens (tertiary/aromatic N) is 4. The molecule has 5 nitrogen and oxygen atoms in total. The monoisotopic (exact) mass is 489 g/mol. The lowest BCUT2D eigenvalue weighted by Gasteiger charge is -2.42. The lowest BCUT2D eigenvalue weighted by atomic mass is 9.88. The molecule has 3 aliphatic heterocycles. The fourth-order valence-corrected chi connectivity index (χ4v) is 6.28. The zero-order valence-corrected chi connectivity index (χ0v) is 21.1. The predicted octanol–water partition coefficient (Wildman–Crippen LogP) is 4.95. The molecule has 1 N–H and O–H groups in total. The Hall–Kier alpha value is -0.980. The maximum atomic E-state index is 5.25. The number of nitrogens with one attached hydrogen (secondary N) is 1. The molecule has 4 aliphatic rings. The van der Waals surface area contributed by atoms with Gasteiger partial charge in [0.1, 0.15) is 6.17 Å². The Labute approximate surface area is 197 Å². The van der Waals surface area contributed by atoms with Gasteiger partial charge >= 0.3 is 0 Å². The van der Waals surface area contributed by atoms with E-state index in [-0.39, 0.29) is 17.2 Å². The van der Waals surface area contributed by atoms with Crippen molar-refractivity contribution in [1.29, 1.82) is 0 Å². The molecule has 6 heteroatoms. The van der Waals surface area contributed by atoms with E-state index in [1.54, 1.807) is 0 Å². The van der Waals surface area contributed by atoms with Gasteiger partial charge < -0.3 is 0 Å². The minimum atomic E-state index is 0.0895. The van der Waals surface area contributed by atoms with E-state index in [0.29, 0.717) is 5.92 Å². The standard InChI is InChI=1S/C25H40BrN5/c1-4-6-10-19(5-2)15-27-24-14-22(29-25-21(26)16-28-31(24)25)20-11-8-13-30(17-20)23-12-7-9-18(23)3/h4,6,10,16,18,20-21,23-25,27H,5,7-9,11-15,17H2,1-3H3/b6-4-,19-10+. The first kappa shape index (κ1) is 23.2. The van der Waals surface area contributed by atoms with Crippen molar-refractivity contribution in [3.63, 3.8) is 0 Å². The van der Waals surface area contributed by atoms with E-state index >= 15 is 0 Å². The van der Waals surface area contributed by atoms with E-state index in [2.05, 4.69) is 70.2 Å². The Morgan fingerprint density at radius 1 is 1.29 bits per heavy atom. The number of likely N-dealkylation sites (tertiary alicyclic amines) is 1. The zero-order chi connectivity index (χ0) is 21.8. The van der Waals surface area contributed by atoms with Gasteiger partial charge in [-0.15, -0.1) is 0 Å². The van der Waals surface area contributed by atoms with Crippen molar-refractivity contribution in [3.8, 4) is 0 Å². The van der Waals surface area contributed by atoms with Crippen molar-refractivity contribution in [2.75, 3.05) is 19.6 Å². The fraction of sp³-hybridized carbons (Fsp3) is 0.760. The van der Waals surface area contributed by atoms with Crippen LogP contribution < -0.4 is 5.32 Å².